The molecule has 1 heterocycles. The first-order valence-corrected chi connectivity index (χ1v) is 6.75. The Labute approximate surface area is 98.1 Å². The molecule has 0 amide bonds. The summed E-state index contributed by atoms with van der Waals surface area (Å²) in [5.41, 5.74) is 0.861. The number of aromatic nitrogens is 3. The molecular formula is C10H12N3O3P. The van der Waals surface area contributed by atoms with E-state index in [2.05, 4.69) is 10.2 Å². The lowest BCUT2D eigenvalue weighted by molar-refractivity contribution is 0.370. The summed E-state index contributed by atoms with van der Waals surface area (Å²) in [5.74, 6) is 0.867. The molecule has 0 saturated carbocycles. The second-order valence-electron chi connectivity index (χ2n) is 3.69. The number of rotatable bonds is 3. The van der Waals surface area contributed by atoms with Crippen LogP contribution in [0.5, 0.6) is 0 Å². The van der Waals surface area contributed by atoms with E-state index >= 15 is 0 Å². The minimum atomic E-state index is -4.12. The molecule has 90 valence electrons. The average Bonchev–Trinajstić information content (AvgIpc) is 2.60. The van der Waals surface area contributed by atoms with Crippen molar-refractivity contribution in [1.29, 1.82) is 0 Å². The number of hydrogen-bond donors (Lipinski definition) is 2. The maximum absolute atomic E-state index is 10.9. The second kappa shape index (κ2) is 4.41. The van der Waals surface area contributed by atoms with E-state index in [1.807, 2.05) is 30.3 Å². The van der Waals surface area contributed by atoms with E-state index in [1.165, 1.54) is 0 Å². The summed E-state index contributed by atoms with van der Waals surface area (Å²) >= 11 is 0. The van der Waals surface area contributed by atoms with Crippen LogP contribution in [0.25, 0.3) is 11.4 Å². The molecule has 0 aliphatic rings. The third-order valence-electron chi connectivity index (χ3n) is 2.34. The highest BCUT2D eigenvalue weighted by molar-refractivity contribution is 7.50. The quantitative estimate of drug-likeness (QED) is 0.801. The second-order valence-corrected chi connectivity index (χ2v) is 5.33. The Balaban J connectivity index is 2.37. The Morgan fingerprint density at radius 3 is 2.47 bits per heavy atom. The molecule has 0 aliphatic heterocycles. The molecular weight excluding hydrogens is 241 g/mol. The van der Waals surface area contributed by atoms with Crippen LogP contribution in [0.4, 0.5) is 0 Å². The first-order valence-electron chi connectivity index (χ1n) is 4.95. The van der Waals surface area contributed by atoms with Crippen molar-refractivity contribution in [3.8, 4) is 11.4 Å². The van der Waals surface area contributed by atoms with Crippen LogP contribution in [0, 0.1) is 0 Å². The van der Waals surface area contributed by atoms with Crippen LogP contribution >= 0.6 is 7.60 Å². The van der Waals surface area contributed by atoms with Crippen molar-refractivity contribution in [1.82, 2.24) is 14.8 Å². The van der Waals surface area contributed by atoms with Gasteiger partial charge in [0, 0.05) is 12.6 Å². The summed E-state index contributed by atoms with van der Waals surface area (Å²) in [6.07, 6.45) is -0.399. The fourth-order valence-corrected chi connectivity index (χ4v) is 2.17. The number of nitrogens with zero attached hydrogens (tertiary/aromatic N) is 3. The van der Waals surface area contributed by atoms with Gasteiger partial charge in [0.25, 0.3) is 0 Å². The van der Waals surface area contributed by atoms with Crippen LogP contribution in [0.15, 0.2) is 30.3 Å². The van der Waals surface area contributed by atoms with E-state index in [-0.39, 0.29) is 5.82 Å². The lowest BCUT2D eigenvalue weighted by atomic mass is 10.2. The summed E-state index contributed by atoms with van der Waals surface area (Å²) in [6, 6.07) is 9.35. The molecule has 0 saturated heterocycles. The predicted octanol–water partition coefficient (Wildman–Crippen LogP) is 1.16. The summed E-state index contributed by atoms with van der Waals surface area (Å²) in [4.78, 5) is 17.8. The first kappa shape index (κ1) is 12.0. The minimum absolute atomic E-state index is 0.275. The van der Waals surface area contributed by atoms with Gasteiger partial charge in [-0.15, -0.1) is 10.2 Å². The van der Waals surface area contributed by atoms with Crippen molar-refractivity contribution in [3.63, 3.8) is 0 Å². The van der Waals surface area contributed by atoms with Crippen molar-refractivity contribution in [2.24, 2.45) is 7.05 Å². The van der Waals surface area contributed by atoms with Crippen molar-refractivity contribution >= 4 is 7.60 Å². The first-order chi connectivity index (χ1) is 7.97. The zero-order valence-electron chi connectivity index (χ0n) is 9.19. The molecule has 1 aromatic heterocycles. The smallest absolute Gasteiger partial charge is 0.324 e. The van der Waals surface area contributed by atoms with Gasteiger partial charge in [0.1, 0.15) is 12.0 Å². The fourth-order valence-electron chi connectivity index (χ4n) is 1.52. The molecule has 0 aliphatic carbocycles. The van der Waals surface area contributed by atoms with Gasteiger partial charge in [0.15, 0.2) is 5.82 Å². The van der Waals surface area contributed by atoms with E-state index in [4.69, 9.17) is 9.79 Å². The number of hydrogen-bond acceptors (Lipinski definition) is 3. The van der Waals surface area contributed by atoms with Crippen LogP contribution in [0.2, 0.25) is 0 Å². The molecule has 17 heavy (non-hydrogen) atoms. The highest BCUT2D eigenvalue weighted by Crippen LogP contribution is 2.38. The average molecular weight is 253 g/mol. The summed E-state index contributed by atoms with van der Waals surface area (Å²) < 4.78 is 12.5. The molecule has 7 heteroatoms. The predicted molar refractivity (Wildman–Crippen MR) is 62.2 cm³/mol. The van der Waals surface area contributed by atoms with Gasteiger partial charge in [-0.3, -0.25) is 4.57 Å². The third-order valence-corrected chi connectivity index (χ3v) is 3.04. The monoisotopic (exact) mass is 253 g/mol. The SMILES string of the molecule is Cn1c(CP(=O)(O)O)nnc1-c1ccccc1. The fraction of sp³-hybridized carbons (Fsp3) is 0.200. The van der Waals surface area contributed by atoms with Gasteiger partial charge in [-0.05, 0) is 0 Å². The van der Waals surface area contributed by atoms with Crippen molar-refractivity contribution in [2.45, 2.75) is 6.16 Å². The Bertz CT molecular complexity index is 561. The van der Waals surface area contributed by atoms with Gasteiger partial charge in [0.05, 0.1) is 0 Å². The molecule has 0 atom stereocenters. The van der Waals surface area contributed by atoms with Crippen LogP contribution in [-0.2, 0) is 17.8 Å². The maximum Gasteiger partial charge on any atom is 0.333 e. The zero-order valence-corrected chi connectivity index (χ0v) is 10.1. The maximum atomic E-state index is 10.9. The highest BCUT2D eigenvalue weighted by atomic mass is 31.2. The topological polar surface area (TPSA) is 88.2 Å². The van der Waals surface area contributed by atoms with Crippen LogP contribution in [-0.4, -0.2) is 24.6 Å². The summed E-state index contributed by atoms with van der Waals surface area (Å²) in [7, 11) is -2.43. The van der Waals surface area contributed by atoms with Gasteiger partial charge in [-0.2, -0.15) is 0 Å². The number of benzene rings is 1. The normalized spacial score (nSPS) is 11.7. The van der Waals surface area contributed by atoms with E-state index in [0.717, 1.165) is 5.56 Å². The van der Waals surface area contributed by atoms with Crippen LogP contribution < -0.4 is 0 Å². The Hall–Kier alpha value is -1.49. The van der Waals surface area contributed by atoms with Crippen molar-refractivity contribution < 1.29 is 14.4 Å². The molecule has 2 N–H and O–H groups in total. The van der Waals surface area contributed by atoms with Crippen molar-refractivity contribution in [3.05, 3.63) is 36.2 Å². The van der Waals surface area contributed by atoms with E-state index in [9.17, 15) is 4.57 Å². The van der Waals surface area contributed by atoms with Crippen molar-refractivity contribution in [2.75, 3.05) is 0 Å². The molecule has 0 radical (unpaired) electrons. The highest BCUT2D eigenvalue weighted by Gasteiger charge is 2.20. The van der Waals surface area contributed by atoms with E-state index in [1.54, 1.807) is 11.6 Å². The molecule has 6 nitrogen and oxygen atoms in total. The Morgan fingerprint density at radius 1 is 1.24 bits per heavy atom. The Morgan fingerprint density at radius 2 is 1.88 bits per heavy atom. The molecule has 0 fully saturated rings. The summed E-state index contributed by atoms with van der Waals surface area (Å²) in [5, 5.41) is 7.74. The summed E-state index contributed by atoms with van der Waals surface area (Å²) in [6.45, 7) is 0. The molecule has 0 spiro atoms. The molecule has 0 unspecified atom stereocenters. The van der Waals surface area contributed by atoms with Gasteiger partial charge >= 0.3 is 7.60 Å². The third kappa shape index (κ3) is 2.79. The zero-order chi connectivity index (χ0) is 12.5. The van der Waals surface area contributed by atoms with Crippen LogP contribution in [0.3, 0.4) is 0 Å². The molecule has 0 bridgehead atoms. The van der Waals surface area contributed by atoms with Gasteiger partial charge in [-0.25, -0.2) is 0 Å². The van der Waals surface area contributed by atoms with E-state index < -0.39 is 13.8 Å². The van der Waals surface area contributed by atoms with Gasteiger partial charge in [-0.1, -0.05) is 30.3 Å². The standard InChI is InChI=1S/C10H12N3O3P/c1-13-9(7-17(14,15)16)11-12-10(13)8-5-3-2-4-6-8/h2-6H,7H2,1H3,(H2,14,15,16). The van der Waals surface area contributed by atoms with Crippen LogP contribution in [0.1, 0.15) is 5.82 Å². The van der Waals surface area contributed by atoms with Gasteiger partial charge < -0.3 is 14.4 Å². The molecule has 2 aromatic rings. The molecule has 2 rings (SSSR count). The Kier molecular flexibility index (Phi) is 3.11. The van der Waals surface area contributed by atoms with E-state index in [0.29, 0.717) is 5.82 Å². The minimum Gasteiger partial charge on any atom is -0.324 e. The lowest BCUT2D eigenvalue weighted by Crippen LogP contribution is -2.00. The lowest BCUT2D eigenvalue weighted by Gasteiger charge is -2.05. The largest absolute Gasteiger partial charge is 0.333 e. The van der Waals surface area contributed by atoms with Gasteiger partial charge in [0.2, 0.25) is 0 Å². The molecule has 1 aromatic carbocycles.